The zero-order valence-electron chi connectivity index (χ0n) is 15.0. The Bertz CT molecular complexity index is 961. The van der Waals surface area contributed by atoms with Gasteiger partial charge in [0.25, 0.3) is 11.4 Å². The summed E-state index contributed by atoms with van der Waals surface area (Å²) in [6.45, 7) is 6.44. The predicted octanol–water partition coefficient (Wildman–Crippen LogP) is 5.07. The Morgan fingerprint density at radius 1 is 0.923 bits per heavy atom. The highest BCUT2D eigenvalue weighted by atomic mass is 16.6. The highest BCUT2D eigenvalue weighted by molar-refractivity contribution is 5.64. The van der Waals surface area contributed by atoms with E-state index in [-0.39, 0.29) is 38.0 Å². The minimum absolute atomic E-state index is 0.0601. The molecule has 0 radical (unpaired) electrons. The van der Waals surface area contributed by atoms with Crippen LogP contribution in [0.25, 0.3) is 0 Å². The molecule has 6 heteroatoms. The normalized spacial score (nSPS) is 23.3. The smallest absolute Gasteiger partial charge is 0.258 e. The van der Waals surface area contributed by atoms with Crippen LogP contribution in [0, 0.1) is 25.6 Å². The summed E-state index contributed by atoms with van der Waals surface area (Å²) in [5, 5.41) is 22.6. The van der Waals surface area contributed by atoms with Crippen LogP contribution in [0.3, 0.4) is 0 Å². The van der Waals surface area contributed by atoms with Crippen molar-refractivity contribution in [3.8, 4) is 0 Å². The summed E-state index contributed by atoms with van der Waals surface area (Å²) in [5.74, 6) is 0.0601. The molecule has 0 heterocycles. The molecule has 0 N–H and O–H groups in total. The number of hydrogen-bond acceptors (Lipinski definition) is 4. The molecular formula is C20H20N2O4. The number of nitro groups is 2. The Kier molecular flexibility index (Phi) is 3.29. The molecule has 2 aromatic carbocycles. The van der Waals surface area contributed by atoms with E-state index in [2.05, 4.69) is 20.8 Å². The first-order chi connectivity index (χ1) is 12.2. The third kappa shape index (κ3) is 1.98. The molecule has 2 atom stereocenters. The second-order valence-electron chi connectivity index (χ2n) is 8.30. The van der Waals surface area contributed by atoms with Crippen LogP contribution in [0.2, 0.25) is 0 Å². The molecule has 3 aliphatic carbocycles. The van der Waals surface area contributed by atoms with Crippen LogP contribution in [-0.2, 0) is 5.41 Å². The maximum Gasteiger partial charge on any atom is 0.269 e. The monoisotopic (exact) mass is 352 g/mol. The Balaban J connectivity index is 2.06. The zero-order chi connectivity index (χ0) is 18.9. The highest BCUT2D eigenvalue weighted by Gasteiger charge is 2.54. The van der Waals surface area contributed by atoms with Gasteiger partial charge in [-0.15, -0.1) is 0 Å². The summed E-state index contributed by atoms with van der Waals surface area (Å²) in [6.07, 6.45) is 1.79. The molecule has 6 nitrogen and oxygen atoms in total. The van der Waals surface area contributed by atoms with Crippen LogP contribution in [0.4, 0.5) is 11.4 Å². The van der Waals surface area contributed by atoms with Crippen LogP contribution in [0.5, 0.6) is 0 Å². The molecule has 2 aromatic rings. The summed E-state index contributed by atoms with van der Waals surface area (Å²) >= 11 is 0. The maximum atomic E-state index is 11.3. The number of non-ortho nitro benzene ring substituents is 2. The molecule has 0 amide bonds. The second kappa shape index (κ2) is 5.13. The average molecular weight is 352 g/mol. The van der Waals surface area contributed by atoms with Gasteiger partial charge in [0.05, 0.1) is 9.85 Å². The number of benzene rings is 2. The molecular weight excluding hydrogens is 332 g/mol. The zero-order valence-corrected chi connectivity index (χ0v) is 15.0. The van der Waals surface area contributed by atoms with Gasteiger partial charge in [-0.2, -0.15) is 0 Å². The fourth-order valence-electron chi connectivity index (χ4n) is 5.11. The second-order valence-corrected chi connectivity index (χ2v) is 8.30. The van der Waals surface area contributed by atoms with Crippen molar-refractivity contribution in [3.05, 3.63) is 78.9 Å². The van der Waals surface area contributed by atoms with Crippen molar-refractivity contribution in [2.45, 2.75) is 44.9 Å². The summed E-state index contributed by atoms with van der Waals surface area (Å²) in [7, 11) is 0. The third-order valence-corrected chi connectivity index (χ3v) is 6.25. The van der Waals surface area contributed by atoms with Crippen molar-refractivity contribution in [2.75, 3.05) is 0 Å². The summed E-state index contributed by atoms with van der Waals surface area (Å²) in [4.78, 5) is 21.9. The Hall–Kier alpha value is -2.76. The van der Waals surface area contributed by atoms with Gasteiger partial charge >= 0.3 is 0 Å². The Morgan fingerprint density at radius 2 is 1.54 bits per heavy atom. The van der Waals surface area contributed by atoms with Gasteiger partial charge in [-0.3, -0.25) is 20.2 Å². The summed E-state index contributed by atoms with van der Waals surface area (Å²) in [5.41, 5.74) is 3.80. The van der Waals surface area contributed by atoms with Crippen molar-refractivity contribution >= 4 is 11.4 Å². The van der Waals surface area contributed by atoms with Gasteiger partial charge < -0.3 is 0 Å². The van der Waals surface area contributed by atoms with E-state index in [4.69, 9.17) is 0 Å². The fourth-order valence-corrected chi connectivity index (χ4v) is 5.11. The van der Waals surface area contributed by atoms with Crippen LogP contribution >= 0.6 is 0 Å². The van der Waals surface area contributed by atoms with E-state index in [0.717, 1.165) is 35.1 Å². The maximum absolute atomic E-state index is 11.3. The quantitative estimate of drug-likeness (QED) is 0.557. The first-order valence-electron chi connectivity index (χ1n) is 8.74. The van der Waals surface area contributed by atoms with Crippen molar-refractivity contribution < 1.29 is 9.85 Å². The summed E-state index contributed by atoms with van der Waals surface area (Å²) in [6, 6.07) is 10.2. The standard InChI is InChI=1S/C20H20N2O4/c1-19(2,3)20-9-8-14(15-6-4-13(22(25)26)11-18(15)20)16-10-12(21(23)24)5-7-17(16)20/h4-7,10-11,14H,8-9H2,1-3H3. The fraction of sp³-hybridized carbons (Fsp3) is 0.400. The number of nitrogens with zero attached hydrogens (tertiary/aromatic N) is 2. The van der Waals surface area contributed by atoms with Crippen molar-refractivity contribution in [1.29, 1.82) is 0 Å². The molecule has 0 aliphatic heterocycles. The molecule has 2 bridgehead atoms. The van der Waals surface area contributed by atoms with Gasteiger partial charge in [0.1, 0.15) is 0 Å². The molecule has 5 rings (SSSR count). The van der Waals surface area contributed by atoms with E-state index < -0.39 is 0 Å². The number of nitro benzene ring substituents is 2. The van der Waals surface area contributed by atoms with Gasteiger partial charge in [-0.1, -0.05) is 32.9 Å². The van der Waals surface area contributed by atoms with Gasteiger partial charge in [-0.25, -0.2) is 0 Å². The lowest BCUT2D eigenvalue weighted by Crippen LogP contribution is -2.49. The lowest BCUT2D eigenvalue weighted by Gasteiger charge is -2.55. The van der Waals surface area contributed by atoms with Crippen LogP contribution < -0.4 is 0 Å². The van der Waals surface area contributed by atoms with E-state index in [9.17, 15) is 20.2 Å². The largest absolute Gasteiger partial charge is 0.269 e. The van der Waals surface area contributed by atoms with Crippen molar-refractivity contribution in [1.82, 2.24) is 0 Å². The summed E-state index contributed by atoms with van der Waals surface area (Å²) < 4.78 is 0. The van der Waals surface area contributed by atoms with E-state index in [1.165, 1.54) is 0 Å². The minimum Gasteiger partial charge on any atom is -0.258 e. The van der Waals surface area contributed by atoms with Crippen LogP contribution in [0.15, 0.2) is 36.4 Å². The molecule has 0 saturated carbocycles. The van der Waals surface area contributed by atoms with Gasteiger partial charge in [0.2, 0.25) is 0 Å². The van der Waals surface area contributed by atoms with Crippen LogP contribution in [-0.4, -0.2) is 9.85 Å². The molecule has 0 fully saturated rings. The SMILES string of the molecule is CC(C)(C)C12CCC(c3cc([N+](=O)[O-])ccc31)c1ccc([N+](=O)[O-])cc12. The molecule has 0 aromatic heterocycles. The molecule has 2 unspecified atom stereocenters. The average Bonchev–Trinajstić information content (AvgIpc) is 2.60. The van der Waals surface area contributed by atoms with Gasteiger partial charge in [-0.05, 0) is 40.5 Å². The first-order valence-corrected chi connectivity index (χ1v) is 8.74. The Morgan fingerprint density at radius 3 is 2.15 bits per heavy atom. The topological polar surface area (TPSA) is 86.3 Å². The van der Waals surface area contributed by atoms with Gasteiger partial charge in [0, 0.05) is 35.6 Å². The van der Waals surface area contributed by atoms with Crippen LogP contribution in [0.1, 0.15) is 61.8 Å². The highest BCUT2D eigenvalue weighted by Crippen LogP contribution is 2.63. The van der Waals surface area contributed by atoms with Crippen molar-refractivity contribution in [3.63, 3.8) is 0 Å². The third-order valence-electron chi connectivity index (χ3n) is 6.25. The molecule has 0 spiro atoms. The minimum atomic E-state index is -0.381. The Labute approximate surface area is 151 Å². The van der Waals surface area contributed by atoms with Crippen molar-refractivity contribution in [2.24, 2.45) is 5.41 Å². The van der Waals surface area contributed by atoms with E-state index in [1.807, 2.05) is 12.1 Å². The van der Waals surface area contributed by atoms with Gasteiger partial charge in [0.15, 0.2) is 0 Å². The first kappa shape index (κ1) is 16.7. The molecule has 26 heavy (non-hydrogen) atoms. The van der Waals surface area contributed by atoms with E-state index in [1.54, 1.807) is 24.3 Å². The lowest BCUT2D eigenvalue weighted by molar-refractivity contribution is -0.385. The van der Waals surface area contributed by atoms with E-state index >= 15 is 0 Å². The number of rotatable bonds is 2. The molecule has 3 aliphatic rings. The number of fused-ring (bicyclic) bond motifs is 1. The number of hydrogen-bond donors (Lipinski definition) is 0. The predicted molar refractivity (Wildman–Crippen MR) is 97.5 cm³/mol. The lowest BCUT2D eigenvalue weighted by atomic mass is 9.47. The molecule has 134 valence electrons. The van der Waals surface area contributed by atoms with E-state index in [0.29, 0.717) is 0 Å². The molecule has 0 saturated heterocycles.